The molecule has 0 bridgehead atoms. The highest BCUT2D eigenvalue weighted by atomic mass is 32.2. The lowest BCUT2D eigenvalue weighted by atomic mass is 9.91. The van der Waals surface area contributed by atoms with Gasteiger partial charge < -0.3 is 29.9 Å². The third-order valence-corrected chi connectivity index (χ3v) is 16.5. The van der Waals surface area contributed by atoms with Crippen LogP contribution < -0.4 is 10.6 Å². The van der Waals surface area contributed by atoms with Crippen molar-refractivity contribution in [2.24, 2.45) is 11.8 Å². The van der Waals surface area contributed by atoms with Crippen LogP contribution in [0.5, 0.6) is 0 Å². The van der Waals surface area contributed by atoms with Crippen molar-refractivity contribution in [3.63, 3.8) is 0 Å². The van der Waals surface area contributed by atoms with Crippen LogP contribution in [0, 0.1) is 23.5 Å². The molecule has 2 N–H and O–H groups in total. The number of halogens is 2. The molecule has 0 spiro atoms. The number of ether oxygens (including phenoxy) is 2. The number of likely N-dealkylation sites (N-methyl/N-ethyl adjacent to an activating group) is 1. The third-order valence-electron chi connectivity index (χ3n) is 13.9. The minimum absolute atomic E-state index is 0.0232. The van der Waals surface area contributed by atoms with Gasteiger partial charge in [-0.25, -0.2) is 25.6 Å². The molecule has 4 aliphatic rings. The second kappa shape index (κ2) is 22.0. The maximum absolute atomic E-state index is 14.7. The monoisotopic (exact) mass is 964 g/mol. The van der Waals surface area contributed by atoms with E-state index in [1.807, 2.05) is 6.92 Å². The van der Waals surface area contributed by atoms with Crippen molar-refractivity contribution in [2.45, 2.75) is 134 Å². The van der Waals surface area contributed by atoms with Crippen LogP contribution in [0.2, 0.25) is 0 Å². The maximum Gasteiger partial charge on any atom is 0.245 e. The Morgan fingerprint density at radius 2 is 1.18 bits per heavy atom. The number of hydrogen-bond donors (Lipinski definition) is 2. The first-order valence-electron chi connectivity index (χ1n) is 23.0. The first kappa shape index (κ1) is 51.5. The van der Waals surface area contributed by atoms with E-state index < -0.39 is 92.0 Å². The number of sulfonamides is 2. The summed E-state index contributed by atoms with van der Waals surface area (Å²) in [7, 11) is -5.70. The lowest BCUT2D eigenvalue weighted by molar-refractivity contribution is -0.141. The van der Waals surface area contributed by atoms with E-state index in [1.54, 1.807) is 55.0 Å². The van der Waals surface area contributed by atoms with E-state index in [0.717, 1.165) is 12.5 Å². The molecule has 4 fully saturated rings. The Bertz CT molecular complexity index is 2100. The molecule has 4 heterocycles. The summed E-state index contributed by atoms with van der Waals surface area (Å²) < 4.78 is 94.5. The van der Waals surface area contributed by atoms with Crippen molar-refractivity contribution in [2.75, 3.05) is 45.7 Å². The number of Topliss-reactive ketones (excluding diaryl/α,β-unsaturated/α-hetero) is 1. The highest BCUT2D eigenvalue weighted by molar-refractivity contribution is 7.88. The van der Waals surface area contributed by atoms with Gasteiger partial charge in [0.1, 0.15) is 23.5 Å². The van der Waals surface area contributed by atoms with Crippen LogP contribution in [-0.2, 0) is 61.9 Å². The summed E-state index contributed by atoms with van der Waals surface area (Å²) in [5.74, 6) is -3.13. The third kappa shape index (κ3) is 12.2. The van der Waals surface area contributed by atoms with Gasteiger partial charge in [0.2, 0.25) is 37.8 Å². The van der Waals surface area contributed by atoms with Gasteiger partial charge in [-0.1, -0.05) is 51.0 Å². The number of hydrogen-bond acceptors (Lipinski definition) is 11. The Kier molecular flexibility index (Phi) is 17.2. The number of fused-ring (bicyclic) bond motifs is 2. The van der Waals surface area contributed by atoms with Crippen LogP contribution in [0.3, 0.4) is 0 Å². The zero-order chi connectivity index (χ0) is 48.1. The smallest absolute Gasteiger partial charge is 0.245 e. The quantitative estimate of drug-likeness (QED) is 0.165. The summed E-state index contributed by atoms with van der Waals surface area (Å²) in [5, 5.41) is 5.91. The molecule has 0 saturated carbocycles. The van der Waals surface area contributed by atoms with Crippen molar-refractivity contribution in [1.29, 1.82) is 0 Å². The fourth-order valence-electron chi connectivity index (χ4n) is 9.94. The Morgan fingerprint density at radius 1 is 0.727 bits per heavy atom. The zero-order valence-corrected chi connectivity index (χ0v) is 40.4. The number of nitrogens with one attached hydrogen (secondary N) is 2. The Hall–Kier alpha value is -3.92. The molecule has 0 aliphatic carbocycles. The minimum atomic E-state index is -3.68. The average Bonchev–Trinajstić information content (AvgIpc) is 4.07. The minimum Gasteiger partial charge on any atom is -0.370 e. The van der Waals surface area contributed by atoms with Crippen LogP contribution >= 0.6 is 0 Å². The molecule has 6 rings (SSSR count). The molecule has 0 radical (unpaired) electrons. The molecule has 3 amide bonds. The first-order chi connectivity index (χ1) is 31.2. The second-order valence-electron chi connectivity index (χ2n) is 18.4. The summed E-state index contributed by atoms with van der Waals surface area (Å²) in [5.41, 5.74) is 1.36. The molecule has 66 heavy (non-hydrogen) atoms. The van der Waals surface area contributed by atoms with Crippen LogP contribution in [0.1, 0.15) is 83.3 Å². The van der Waals surface area contributed by atoms with Crippen molar-refractivity contribution >= 4 is 43.6 Å². The number of carbonyl (C=O) groups is 4. The number of rotatable bonds is 22. The highest BCUT2D eigenvalue weighted by Gasteiger charge is 2.56. The van der Waals surface area contributed by atoms with Gasteiger partial charge in [-0.15, -0.1) is 0 Å². The molecule has 4 saturated heterocycles. The van der Waals surface area contributed by atoms with E-state index in [-0.39, 0.29) is 82.2 Å². The van der Waals surface area contributed by atoms with Gasteiger partial charge in [0.05, 0.1) is 56.1 Å². The summed E-state index contributed by atoms with van der Waals surface area (Å²) in [6.07, 6.45) is 3.33. The Labute approximate surface area is 388 Å². The molecule has 20 heteroatoms. The molecular formula is C46H66F2N6O10S2. The van der Waals surface area contributed by atoms with Crippen molar-refractivity contribution < 1.29 is 54.3 Å². The van der Waals surface area contributed by atoms with Crippen molar-refractivity contribution in [3.05, 3.63) is 71.3 Å². The maximum atomic E-state index is 14.7. The number of likely N-dealkylation sites (tertiary alicyclic amines) is 2. The van der Waals surface area contributed by atoms with Crippen molar-refractivity contribution in [1.82, 2.24) is 29.0 Å². The van der Waals surface area contributed by atoms with E-state index in [1.165, 1.54) is 32.9 Å². The van der Waals surface area contributed by atoms with Crippen LogP contribution in [-0.4, -0.2) is 153 Å². The van der Waals surface area contributed by atoms with E-state index >= 15 is 0 Å². The molecule has 10 atom stereocenters. The number of nitrogens with zero attached hydrogens (tertiary/aromatic N) is 4. The molecule has 2 aromatic carbocycles. The van der Waals surface area contributed by atoms with Gasteiger partial charge in [-0.3, -0.25) is 19.2 Å². The first-order valence-corrected chi connectivity index (χ1v) is 26.7. The lowest BCUT2D eigenvalue weighted by Crippen LogP contribution is -2.54. The molecule has 4 aliphatic heterocycles. The Balaban J connectivity index is 1.18. The molecule has 0 aromatic heterocycles. The highest BCUT2D eigenvalue weighted by Crippen LogP contribution is 2.38. The van der Waals surface area contributed by atoms with Gasteiger partial charge in [0.25, 0.3) is 0 Å². The predicted octanol–water partition coefficient (Wildman–Crippen LogP) is 3.20. The number of benzene rings is 2. The van der Waals surface area contributed by atoms with Crippen LogP contribution in [0.25, 0.3) is 0 Å². The van der Waals surface area contributed by atoms with E-state index in [0.29, 0.717) is 43.2 Å². The van der Waals surface area contributed by atoms with E-state index in [2.05, 4.69) is 10.6 Å². The molecule has 2 aromatic rings. The molecule has 366 valence electrons. The second-order valence-corrected chi connectivity index (χ2v) is 22.3. The fraction of sp³-hybridized carbons (Fsp3) is 0.652. The van der Waals surface area contributed by atoms with Crippen LogP contribution in [0.4, 0.5) is 8.78 Å². The van der Waals surface area contributed by atoms with E-state index in [9.17, 15) is 44.8 Å². The normalized spacial score (nSPS) is 25.3. The molecular weight excluding hydrogens is 899 g/mol. The Morgan fingerprint density at radius 3 is 1.62 bits per heavy atom. The summed E-state index contributed by atoms with van der Waals surface area (Å²) in [6, 6.07) is 7.72. The molecule has 16 nitrogen and oxygen atoms in total. The number of ketones is 1. The van der Waals surface area contributed by atoms with Gasteiger partial charge in [-0.2, -0.15) is 8.61 Å². The topological polar surface area (TPSA) is 192 Å². The summed E-state index contributed by atoms with van der Waals surface area (Å²) >= 11 is 0. The molecule has 0 unspecified atom stereocenters. The standard InChI is InChI=1S/C46H66F2N6O10S2/c1-7-29(2)44(56)50-36(46(58)52-23-21-38-43(52)41(26-54(38)66(6,61)62)64-28-32-14-18-35(48)19-15-32)11-9-8-10-33(24-39(55)30(3)49-4)45(57)51-22-20-37-42(51)40(25-53(37)65(5,59)60)63-27-31-12-16-34(47)17-13-31/h12-19,29-30,33,36-38,40-43,49H,7-11,20-28H2,1-6H3,(H,50,56)/t29-,30+,33-,36+,37-,38-,40+,41+,42+,43+/m1/s1. The van der Waals surface area contributed by atoms with Crippen LogP contribution in [0.15, 0.2) is 48.5 Å². The predicted molar refractivity (Wildman–Crippen MR) is 242 cm³/mol. The number of unbranched alkanes of at least 4 members (excludes halogenated alkanes) is 1. The lowest BCUT2D eigenvalue weighted by Gasteiger charge is -2.33. The number of amides is 3. The van der Waals surface area contributed by atoms with Gasteiger partial charge >= 0.3 is 0 Å². The van der Waals surface area contributed by atoms with Gasteiger partial charge in [0, 0.05) is 56.5 Å². The number of carbonyl (C=O) groups excluding carboxylic acids is 4. The fourth-order valence-corrected chi connectivity index (χ4v) is 12.2. The van der Waals surface area contributed by atoms with Crippen molar-refractivity contribution in [3.8, 4) is 0 Å². The van der Waals surface area contributed by atoms with Gasteiger partial charge in [0.15, 0.2) is 0 Å². The largest absolute Gasteiger partial charge is 0.370 e. The van der Waals surface area contributed by atoms with E-state index in [4.69, 9.17) is 9.47 Å². The summed E-state index contributed by atoms with van der Waals surface area (Å²) in [4.78, 5) is 59.5. The van der Waals surface area contributed by atoms with Gasteiger partial charge in [-0.05, 0) is 81.5 Å². The average molecular weight is 965 g/mol. The zero-order valence-electron chi connectivity index (χ0n) is 38.7. The SMILES string of the molecule is CC[C@@H](C)C(=O)N[C@@H](CCCC[C@H](CC(=O)[C@H](C)NC)C(=O)N1CC[C@@H]2[C@H]1[C@@H](OCc1ccc(F)cc1)CN2S(C)(=O)=O)C(=O)N1CC[C@@H]2[C@H]1[C@@H](OCc1ccc(F)cc1)CN2S(C)(=O)=O. The summed E-state index contributed by atoms with van der Waals surface area (Å²) in [6.45, 7) is 6.03.